The number of anilines is 1. The molecule has 2 aliphatic heterocycles. The molecular weight excluding hydrogens is 206 g/mol. The van der Waals surface area contributed by atoms with E-state index in [0.717, 1.165) is 5.69 Å². The van der Waals surface area contributed by atoms with Gasteiger partial charge in [-0.3, -0.25) is 15.0 Å². The number of hydrogen-bond acceptors (Lipinski definition) is 4. The Bertz CT molecular complexity index is 472. The first kappa shape index (κ1) is 9.35. The van der Waals surface area contributed by atoms with Crippen LogP contribution in [0.25, 0.3) is 0 Å². The largest absolute Gasteiger partial charge is 0.379 e. The van der Waals surface area contributed by atoms with Crippen molar-refractivity contribution in [3.05, 3.63) is 29.8 Å². The van der Waals surface area contributed by atoms with Crippen molar-refractivity contribution >= 4 is 17.4 Å². The maximum Gasteiger partial charge on any atom is 0.247 e. The molecule has 2 atom stereocenters. The van der Waals surface area contributed by atoms with Crippen LogP contribution in [0.15, 0.2) is 24.3 Å². The minimum absolute atomic E-state index is 0.0987. The van der Waals surface area contributed by atoms with E-state index in [2.05, 4.69) is 16.2 Å². The molecule has 1 aromatic carbocycles. The van der Waals surface area contributed by atoms with Crippen LogP contribution in [0.1, 0.15) is 10.4 Å². The van der Waals surface area contributed by atoms with Crippen molar-refractivity contribution in [1.82, 2.24) is 10.9 Å². The number of carbonyl (C=O) groups is 2. The molecule has 1 fully saturated rings. The molecule has 5 nitrogen and oxygen atoms in total. The predicted octanol–water partition coefficient (Wildman–Crippen LogP) is -0.0860. The van der Waals surface area contributed by atoms with E-state index < -0.39 is 5.92 Å². The van der Waals surface area contributed by atoms with E-state index in [-0.39, 0.29) is 17.7 Å². The molecule has 0 spiro atoms. The van der Waals surface area contributed by atoms with E-state index in [1.165, 1.54) is 0 Å². The van der Waals surface area contributed by atoms with Crippen LogP contribution >= 0.6 is 0 Å². The van der Waals surface area contributed by atoms with Crippen molar-refractivity contribution in [2.24, 2.45) is 5.92 Å². The topological polar surface area (TPSA) is 70.2 Å². The molecule has 16 heavy (non-hydrogen) atoms. The summed E-state index contributed by atoms with van der Waals surface area (Å²) in [7, 11) is 0. The number of hydrazine groups is 1. The van der Waals surface area contributed by atoms with Gasteiger partial charge in [-0.1, -0.05) is 12.1 Å². The molecule has 0 radical (unpaired) electrons. The number of ketones is 1. The third-order valence-electron chi connectivity index (χ3n) is 3.03. The SMILES string of the molecule is O=C1NNCC2Nc3ccccc3C(=O)C12. The van der Waals surface area contributed by atoms with Crippen LogP contribution in [0.2, 0.25) is 0 Å². The van der Waals surface area contributed by atoms with Crippen LogP contribution in [-0.4, -0.2) is 24.3 Å². The minimum atomic E-state index is -0.615. The molecule has 82 valence electrons. The van der Waals surface area contributed by atoms with Gasteiger partial charge in [0.05, 0.1) is 6.04 Å². The number of hydrogen-bond donors (Lipinski definition) is 3. The lowest BCUT2D eigenvalue weighted by atomic mass is 9.84. The van der Waals surface area contributed by atoms with E-state index in [1.807, 2.05) is 12.1 Å². The van der Waals surface area contributed by atoms with Gasteiger partial charge < -0.3 is 5.32 Å². The lowest BCUT2D eigenvalue weighted by molar-refractivity contribution is -0.126. The average molecular weight is 217 g/mol. The molecular formula is C11H11N3O2. The van der Waals surface area contributed by atoms with Crippen molar-refractivity contribution in [3.8, 4) is 0 Å². The molecule has 3 N–H and O–H groups in total. The Balaban J connectivity index is 2.07. The Morgan fingerprint density at radius 3 is 2.88 bits per heavy atom. The number of fused-ring (bicyclic) bond motifs is 2. The number of carbonyl (C=O) groups excluding carboxylic acids is 2. The Hall–Kier alpha value is -1.88. The van der Waals surface area contributed by atoms with Gasteiger partial charge in [0.2, 0.25) is 5.91 Å². The Morgan fingerprint density at radius 2 is 2.00 bits per heavy atom. The molecule has 3 rings (SSSR count). The Morgan fingerprint density at radius 1 is 1.19 bits per heavy atom. The van der Waals surface area contributed by atoms with Gasteiger partial charge in [-0.2, -0.15) is 0 Å². The number of rotatable bonds is 0. The Labute approximate surface area is 92.2 Å². The number of benzene rings is 1. The van der Waals surface area contributed by atoms with E-state index in [0.29, 0.717) is 12.1 Å². The predicted molar refractivity (Wildman–Crippen MR) is 57.8 cm³/mol. The van der Waals surface area contributed by atoms with Gasteiger partial charge >= 0.3 is 0 Å². The van der Waals surface area contributed by atoms with Crippen molar-refractivity contribution in [2.45, 2.75) is 6.04 Å². The highest BCUT2D eigenvalue weighted by molar-refractivity contribution is 6.15. The smallest absolute Gasteiger partial charge is 0.247 e. The highest BCUT2D eigenvalue weighted by Crippen LogP contribution is 2.29. The molecule has 2 unspecified atom stereocenters. The maximum atomic E-state index is 12.1. The van der Waals surface area contributed by atoms with Crippen LogP contribution in [0, 0.1) is 5.92 Å². The lowest BCUT2D eigenvalue weighted by Gasteiger charge is -2.36. The minimum Gasteiger partial charge on any atom is -0.379 e. The molecule has 2 aliphatic rings. The third kappa shape index (κ3) is 1.22. The number of amides is 1. The third-order valence-corrected chi connectivity index (χ3v) is 3.03. The van der Waals surface area contributed by atoms with Gasteiger partial charge in [0, 0.05) is 17.8 Å². The van der Waals surface area contributed by atoms with Crippen molar-refractivity contribution in [1.29, 1.82) is 0 Å². The second kappa shape index (κ2) is 3.31. The van der Waals surface area contributed by atoms with Gasteiger partial charge in [-0.15, -0.1) is 0 Å². The summed E-state index contributed by atoms with van der Waals surface area (Å²) in [6, 6.07) is 7.12. The maximum absolute atomic E-state index is 12.1. The fourth-order valence-corrected chi connectivity index (χ4v) is 2.25. The first-order valence-corrected chi connectivity index (χ1v) is 5.20. The van der Waals surface area contributed by atoms with E-state index >= 15 is 0 Å². The monoisotopic (exact) mass is 217 g/mol. The molecule has 1 aromatic rings. The number of nitrogens with one attached hydrogen (secondary N) is 3. The van der Waals surface area contributed by atoms with Crippen molar-refractivity contribution in [3.63, 3.8) is 0 Å². The number of para-hydroxylation sites is 1. The molecule has 2 heterocycles. The van der Waals surface area contributed by atoms with Crippen molar-refractivity contribution < 1.29 is 9.59 Å². The number of Topliss-reactive ketones (excluding diaryl/α,β-unsaturated/α-hetero) is 1. The highest BCUT2D eigenvalue weighted by Gasteiger charge is 2.42. The molecule has 0 bridgehead atoms. The van der Waals surface area contributed by atoms with E-state index in [9.17, 15) is 9.59 Å². The zero-order valence-electron chi connectivity index (χ0n) is 8.49. The summed E-state index contributed by atoms with van der Waals surface area (Å²) in [6.07, 6.45) is 0. The molecule has 0 aliphatic carbocycles. The molecule has 1 saturated heterocycles. The van der Waals surface area contributed by atoms with E-state index in [4.69, 9.17) is 0 Å². The van der Waals surface area contributed by atoms with Crippen LogP contribution in [0.4, 0.5) is 5.69 Å². The van der Waals surface area contributed by atoms with Gasteiger partial charge in [-0.05, 0) is 12.1 Å². The molecule has 5 heteroatoms. The molecule has 1 amide bonds. The standard InChI is InChI=1S/C11H11N3O2/c15-10-6-3-1-2-4-7(6)13-8-5-12-14-11(16)9(8)10/h1-4,8-9,12-13H,5H2,(H,14,16). The Kier molecular flexibility index (Phi) is 1.94. The molecule has 0 aromatic heterocycles. The van der Waals surface area contributed by atoms with Crippen LogP contribution in [-0.2, 0) is 4.79 Å². The van der Waals surface area contributed by atoms with Gasteiger partial charge in [-0.25, -0.2) is 5.43 Å². The summed E-state index contributed by atoms with van der Waals surface area (Å²) in [4.78, 5) is 23.7. The average Bonchev–Trinajstić information content (AvgIpc) is 2.29. The fourth-order valence-electron chi connectivity index (χ4n) is 2.25. The van der Waals surface area contributed by atoms with Crippen LogP contribution in [0.3, 0.4) is 0 Å². The van der Waals surface area contributed by atoms with E-state index in [1.54, 1.807) is 12.1 Å². The summed E-state index contributed by atoms with van der Waals surface area (Å²) < 4.78 is 0. The summed E-state index contributed by atoms with van der Waals surface area (Å²) >= 11 is 0. The second-order valence-corrected chi connectivity index (χ2v) is 4.01. The summed E-state index contributed by atoms with van der Waals surface area (Å²) in [6.45, 7) is 0.552. The van der Waals surface area contributed by atoms with Gasteiger partial charge in [0.15, 0.2) is 5.78 Å². The van der Waals surface area contributed by atoms with Gasteiger partial charge in [0.1, 0.15) is 5.92 Å². The van der Waals surface area contributed by atoms with Crippen molar-refractivity contribution in [2.75, 3.05) is 11.9 Å². The first-order chi connectivity index (χ1) is 7.77. The highest BCUT2D eigenvalue weighted by atomic mass is 16.2. The molecule has 0 saturated carbocycles. The fraction of sp³-hybridized carbons (Fsp3) is 0.273. The van der Waals surface area contributed by atoms with Crippen LogP contribution < -0.4 is 16.2 Å². The zero-order chi connectivity index (χ0) is 11.1. The first-order valence-electron chi connectivity index (χ1n) is 5.20. The lowest BCUT2D eigenvalue weighted by Crippen LogP contribution is -2.61. The summed E-state index contributed by atoms with van der Waals surface area (Å²) in [5, 5.41) is 3.22. The second-order valence-electron chi connectivity index (χ2n) is 4.01. The normalized spacial score (nSPS) is 27.5. The summed E-state index contributed by atoms with van der Waals surface area (Å²) in [5.74, 6) is -0.974. The van der Waals surface area contributed by atoms with Gasteiger partial charge in [0.25, 0.3) is 0 Å². The quantitative estimate of drug-likeness (QED) is 0.531. The van der Waals surface area contributed by atoms with Crippen LogP contribution in [0.5, 0.6) is 0 Å². The zero-order valence-corrected chi connectivity index (χ0v) is 8.49. The summed E-state index contributed by atoms with van der Waals surface area (Å²) in [5.41, 5.74) is 6.67.